The van der Waals surface area contributed by atoms with E-state index in [2.05, 4.69) is 58.9 Å². The first-order valence-corrected chi connectivity index (χ1v) is 22.6. The summed E-state index contributed by atoms with van der Waals surface area (Å²) in [6.07, 6.45) is -1.14. The predicted octanol–water partition coefficient (Wildman–Crippen LogP) is 4.66. The fourth-order valence-electron chi connectivity index (χ4n) is 1.99. The number of carbonyl (C=O) groups excluding carboxylic acids is 1. The summed E-state index contributed by atoms with van der Waals surface area (Å²) >= 11 is 0. The van der Waals surface area contributed by atoms with E-state index >= 15 is 0 Å². The molecule has 0 aliphatic heterocycles. The van der Waals surface area contributed by atoms with Gasteiger partial charge >= 0.3 is 5.97 Å². The molecule has 0 bridgehead atoms. The second kappa shape index (κ2) is 8.94. The Labute approximate surface area is 159 Å². The highest BCUT2D eigenvalue weighted by Gasteiger charge is 2.40. The summed E-state index contributed by atoms with van der Waals surface area (Å²) < 4.78 is 24.4. The molecule has 0 aromatic carbocycles. The topological polar surface area (TPSA) is 54.0 Å². The zero-order chi connectivity index (χ0) is 20.3. The van der Waals surface area contributed by atoms with Gasteiger partial charge in [0.05, 0.1) is 6.61 Å². The van der Waals surface area contributed by atoms with Crippen molar-refractivity contribution in [2.75, 3.05) is 6.61 Å². The molecule has 0 saturated heterocycles. The molecule has 0 aliphatic rings. The summed E-state index contributed by atoms with van der Waals surface area (Å²) in [6.45, 7) is 25.4. The fourth-order valence-corrected chi connectivity index (χ4v) is 5.48. The summed E-state index contributed by atoms with van der Waals surface area (Å²) in [6, 6.07) is 0. The van der Waals surface area contributed by atoms with Gasteiger partial charge in [-0.2, -0.15) is 0 Å². The maximum Gasteiger partial charge on any atom is 0.323 e. The average Bonchev–Trinajstić information content (AvgIpc) is 2.25. The second-order valence-corrected chi connectivity index (χ2v) is 28.2. The van der Waals surface area contributed by atoms with Gasteiger partial charge in [-0.25, -0.2) is 0 Å². The molecule has 0 aliphatic carbocycles. The Kier molecular flexibility index (Phi) is 9.02. The minimum atomic E-state index is -2.01. The number of rotatable bonds is 10. The number of carbonyl (C=O) groups is 1. The minimum Gasteiger partial charge on any atom is -0.518 e. The lowest BCUT2D eigenvalue weighted by Crippen LogP contribution is -2.53. The van der Waals surface area contributed by atoms with E-state index in [0.717, 1.165) is 0 Å². The van der Waals surface area contributed by atoms with Gasteiger partial charge in [-0.1, -0.05) is 0 Å². The van der Waals surface area contributed by atoms with E-state index in [4.69, 9.17) is 17.7 Å². The summed E-state index contributed by atoms with van der Waals surface area (Å²) in [4.78, 5) is 12.9. The average molecular weight is 425 g/mol. The molecule has 2 atom stereocenters. The third kappa shape index (κ3) is 14.0. The van der Waals surface area contributed by atoms with Crippen molar-refractivity contribution in [3.63, 3.8) is 0 Å². The standard InChI is InChI=1S/C16H40O5Si4/c1-22(2,3)18-13-14(19-23(4,5)6)15(20-24(7,8)9)16(17)21-25(10,11)12/h14-15H,13H2,1-12H3. The maximum atomic E-state index is 12.9. The van der Waals surface area contributed by atoms with Crippen LogP contribution in [0.2, 0.25) is 78.6 Å². The van der Waals surface area contributed by atoms with Gasteiger partial charge in [0.25, 0.3) is 0 Å². The van der Waals surface area contributed by atoms with Gasteiger partial charge in [0.1, 0.15) is 6.10 Å². The Balaban J connectivity index is 5.58. The number of hydrogen-bond acceptors (Lipinski definition) is 5. The molecule has 0 rings (SSSR count). The molecule has 0 N–H and O–H groups in total. The molecule has 0 aromatic rings. The molecular weight excluding hydrogens is 385 g/mol. The Bertz CT molecular complexity index is 430. The zero-order valence-corrected chi connectivity index (χ0v) is 22.4. The lowest BCUT2D eigenvalue weighted by Gasteiger charge is -2.37. The normalized spacial score (nSPS) is 16.5. The van der Waals surface area contributed by atoms with Crippen LogP contribution in [-0.4, -0.2) is 58.1 Å². The van der Waals surface area contributed by atoms with Crippen LogP contribution >= 0.6 is 0 Å². The molecule has 2 unspecified atom stereocenters. The van der Waals surface area contributed by atoms with Crippen molar-refractivity contribution in [1.29, 1.82) is 0 Å². The highest BCUT2D eigenvalue weighted by Crippen LogP contribution is 2.21. The van der Waals surface area contributed by atoms with Crippen molar-refractivity contribution < 1.29 is 22.5 Å². The first-order valence-electron chi connectivity index (χ1n) is 9.02. The van der Waals surface area contributed by atoms with Crippen LogP contribution in [0.1, 0.15) is 0 Å². The van der Waals surface area contributed by atoms with Crippen LogP contribution in [0.5, 0.6) is 0 Å². The van der Waals surface area contributed by atoms with Gasteiger partial charge in [-0.05, 0) is 78.6 Å². The molecule has 0 radical (unpaired) electrons. The van der Waals surface area contributed by atoms with E-state index in [9.17, 15) is 4.79 Å². The Hall–Kier alpha value is 0.218. The maximum absolute atomic E-state index is 12.9. The summed E-state index contributed by atoms with van der Waals surface area (Å²) in [5.41, 5.74) is 0. The van der Waals surface area contributed by atoms with Crippen LogP contribution in [-0.2, 0) is 22.5 Å². The van der Waals surface area contributed by atoms with Gasteiger partial charge in [-0.15, -0.1) is 0 Å². The first-order chi connectivity index (χ1) is 10.8. The number of hydrogen-bond donors (Lipinski definition) is 0. The van der Waals surface area contributed by atoms with Gasteiger partial charge in [0.15, 0.2) is 31.1 Å². The monoisotopic (exact) mass is 424 g/mol. The molecule has 0 fully saturated rings. The van der Waals surface area contributed by atoms with E-state index in [1.807, 2.05) is 19.6 Å². The van der Waals surface area contributed by atoms with Crippen LogP contribution in [0.4, 0.5) is 0 Å². The van der Waals surface area contributed by atoms with E-state index < -0.39 is 45.5 Å². The Morgan fingerprint density at radius 3 is 1.44 bits per heavy atom. The minimum absolute atomic E-state index is 0.302. The first kappa shape index (κ1) is 25.2. The molecule has 0 aromatic heterocycles. The van der Waals surface area contributed by atoms with Crippen LogP contribution in [0, 0.1) is 0 Å². The Morgan fingerprint density at radius 2 is 1.12 bits per heavy atom. The van der Waals surface area contributed by atoms with Crippen molar-refractivity contribution in [3.8, 4) is 0 Å². The molecule has 0 spiro atoms. The van der Waals surface area contributed by atoms with Crippen LogP contribution in [0.3, 0.4) is 0 Å². The molecule has 25 heavy (non-hydrogen) atoms. The van der Waals surface area contributed by atoms with Crippen LogP contribution in [0.25, 0.3) is 0 Å². The highest BCUT2D eigenvalue weighted by molar-refractivity contribution is 6.72. The fraction of sp³-hybridized carbons (Fsp3) is 0.938. The molecule has 0 amide bonds. The van der Waals surface area contributed by atoms with Gasteiger partial charge in [0.2, 0.25) is 8.32 Å². The van der Waals surface area contributed by atoms with E-state index in [1.54, 1.807) is 0 Å². The van der Waals surface area contributed by atoms with E-state index in [1.165, 1.54) is 0 Å². The zero-order valence-electron chi connectivity index (χ0n) is 18.4. The molecule has 5 nitrogen and oxygen atoms in total. The quantitative estimate of drug-likeness (QED) is 0.477. The summed E-state index contributed by atoms with van der Waals surface area (Å²) in [5.74, 6) is -0.302. The van der Waals surface area contributed by atoms with Crippen molar-refractivity contribution in [2.45, 2.75) is 90.8 Å². The van der Waals surface area contributed by atoms with Gasteiger partial charge in [-0.3, -0.25) is 4.79 Å². The predicted molar refractivity (Wildman–Crippen MR) is 115 cm³/mol. The highest BCUT2D eigenvalue weighted by atomic mass is 28.4. The summed E-state index contributed by atoms with van der Waals surface area (Å²) in [5, 5.41) is 0. The summed E-state index contributed by atoms with van der Waals surface area (Å²) in [7, 11) is -7.60. The van der Waals surface area contributed by atoms with Gasteiger partial charge in [0, 0.05) is 0 Å². The smallest absolute Gasteiger partial charge is 0.323 e. The van der Waals surface area contributed by atoms with Crippen molar-refractivity contribution in [2.24, 2.45) is 0 Å². The third-order valence-corrected chi connectivity index (χ3v) is 6.46. The van der Waals surface area contributed by atoms with Crippen molar-refractivity contribution in [1.82, 2.24) is 0 Å². The third-order valence-electron chi connectivity index (χ3n) is 2.64. The Morgan fingerprint density at radius 1 is 0.680 bits per heavy atom. The molecule has 9 heteroatoms. The lowest BCUT2D eigenvalue weighted by molar-refractivity contribution is -0.149. The lowest BCUT2D eigenvalue weighted by atomic mass is 10.2. The molecule has 0 heterocycles. The van der Waals surface area contributed by atoms with Crippen LogP contribution in [0.15, 0.2) is 0 Å². The van der Waals surface area contributed by atoms with Crippen molar-refractivity contribution in [3.05, 3.63) is 0 Å². The molecule has 0 saturated carbocycles. The van der Waals surface area contributed by atoms with Crippen LogP contribution < -0.4 is 0 Å². The van der Waals surface area contributed by atoms with E-state index in [-0.39, 0.29) is 5.97 Å². The van der Waals surface area contributed by atoms with E-state index in [0.29, 0.717) is 6.61 Å². The second-order valence-electron chi connectivity index (χ2n) is 10.4. The van der Waals surface area contributed by atoms with Gasteiger partial charge < -0.3 is 17.7 Å². The largest absolute Gasteiger partial charge is 0.518 e. The molecule has 150 valence electrons. The SMILES string of the molecule is C[Si](C)(C)OCC(O[Si](C)(C)C)C(O[Si](C)(C)C)C(=O)O[Si](C)(C)C. The van der Waals surface area contributed by atoms with Crippen molar-refractivity contribution >= 4 is 39.2 Å². The molecular formula is C16H40O5Si4.